The number of hydrogen-bond acceptors (Lipinski definition) is 2. The Hall–Kier alpha value is 0.400. The molecule has 1 heterocycles. The molecule has 78 valence electrons. The first-order chi connectivity index (χ1) is 6.27. The van der Waals surface area contributed by atoms with Gasteiger partial charge in [-0.1, -0.05) is 22.9 Å². The number of halogens is 1. The quantitative estimate of drug-likeness (QED) is 0.701. The fourth-order valence-corrected chi connectivity index (χ4v) is 2.55. The lowest BCUT2D eigenvalue weighted by Crippen LogP contribution is -2.43. The van der Waals surface area contributed by atoms with Gasteiger partial charge in [0.15, 0.2) is 0 Å². The summed E-state index contributed by atoms with van der Waals surface area (Å²) < 4.78 is 0. The second-order valence-corrected chi connectivity index (χ2v) is 4.63. The van der Waals surface area contributed by atoms with Crippen LogP contribution in [0, 0.1) is 0 Å². The summed E-state index contributed by atoms with van der Waals surface area (Å²) in [5.74, 6) is 0. The summed E-state index contributed by atoms with van der Waals surface area (Å²) in [7, 11) is 2.24. The van der Waals surface area contributed by atoms with Gasteiger partial charge in [-0.15, -0.1) is 0 Å². The molecular formula is C10H21BrN2. The van der Waals surface area contributed by atoms with Crippen LogP contribution >= 0.6 is 15.9 Å². The third kappa shape index (κ3) is 3.56. The number of likely N-dealkylation sites (tertiary alicyclic amines) is 1. The molecule has 1 rings (SSSR count). The Bertz CT molecular complexity index is 133. The van der Waals surface area contributed by atoms with Gasteiger partial charge in [-0.3, -0.25) is 0 Å². The zero-order valence-corrected chi connectivity index (χ0v) is 10.4. The van der Waals surface area contributed by atoms with Crippen molar-refractivity contribution in [3.8, 4) is 0 Å². The molecule has 0 saturated carbocycles. The highest BCUT2D eigenvalue weighted by molar-refractivity contribution is 9.09. The van der Waals surface area contributed by atoms with Crippen molar-refractivity contribution < 1.29 is 0 Å². The molecule has 0 amide bonds. The maximum absolute atomic E-state index is 3.49. The molecule has 0 N–H and O–H groups in total. The van der Waals surface area contributed by atoms with Crippen LogP contribution in [-0.2, 0) is 0 Å². The fourth-order valence-electron chi connectivity index (χ4n) is 1.99. The average Bonchev–Trinajstić information content (AvgIpc) is 2.18. The van der Waals surface area contributed by atoms with Crippen LogP contribution in [0.3, 0.4) is 0 Å². The van der Waals surface area contributed by atoms with Crippen molar-refractivity contribution in [3.63, 3.8) is 0 Å². The second kappa shape index (κ2) is 5.99. The van der Waals surface area contributed by atoms with Gasteiger partial charge in [0.2, 0.25) is 0 Å². The smallest absolute Gasteiger partial charge is 0.0159 e. The number of rotatable bonds is 4. The van der Waals surface area contributed by atoms with Crippen molar-refractivity contribution in [1.82, 2.24) is 9.80 Å². The first kappa shape index (κ1) is 11.5. The maximum atomic E-state index is 3.49. The Morgan fingerprint density at radius 1 is 1.38 bits per heavy atom. The van der Waals surface area contributed by atoms with Gasteiger partial charge in [0.1, 0.15) is 0 Å². The lowest BCUT2D eigenvalue weighted by atomic mass is 10.0. The van der Waals surface area contributed by atoms with Crippen LogP contribution < -0.4 is 0 Å². The van der Waals surface area contributed by atoms with Crippen LogP contribution in [0.25, 0.3) is 0 Å². The number of nitrogens with zero attached hydrogens (tertiary/aromatic N) is 2. The lowest BCUT2D eigenvalue weighted by molar-refractivity contribution is 0.137. The molecule has 1 aliphatic heterocycles. The highest BCUT2D eigenvalue weighted by Crippen LogP contribution is 2.14. The van der Waals surface area contributed by atoms with E-state index in [1.807, 2.05) is 0 Å². The van der Waals surface area contributed by atoms with Crippen molar-refractivity contribution >= 4 is 15.9 Å². The van der Waals surface area contributed by atoms with Crippen molar-refractivity contribution in [1.29, 1.82) is 0 Å². The molecular weight excluding hydrogens is 228 g/mol. The van der Waals surface area contributed by atoms with Gasteiger partial charge in [0.05, 0.1) is 0 Å². The predicted molar refractivity (Wildman–Crippen MR) is 61.6 cm³/mol. The number of hydrogen-bond donors (Lipinski definition) is 0. The van der Waals surface area contributed by atoms with E-state index < -0.39 is 0 Å². The Balaban J connectivity index is 2.23. The third-order valence-electron chi connectivity index (χ3n) is 3.06. The van der Waals surface area contributed by atoms with Gasteiger partial charge in [-0.25, -0.2) is 0 Å². The molecule has 0 spiro atoms. The first-order valence-corrected chi connectivity index (χ1v) is 6.38. The van der Waals surface area contributed by atoms with Crippen LogP contribution in [0.4, 0.5) is 0 Å². The molecule has 1 fully saturated rings. The standard InChI is InChI=1S/C10H21BrN2/c1-3-13-7-4-10(5-8-13)12(2)9-6-11/h10H,3-9H2,1-2H3. The van der Waals surface area contributed by atoms with E-state index in [1.54, 1.807) is 0 Å². The number of piperidine rings is 1. The molecule has 1 saturated heterocycles. The average molecular weight is 249 g/mol. The van der Waals surface area contributed by atoms with E-state index >= 15 is 0 Å². The van der Waals surface area contributed by atoms with Gasteiger partial charge in [-0.05, 0) is 39.5 Å². The van der Waals surface area contributed by atoms with Gasteiger partial charge < -0.3 is 9.80 Å². The monoisotopic (exact) mass is 248 g/mol. The zero-order chi connectivity index (χ0) is 9.68. The normalized spacial score (nSPS) is 21.2. The molecule has 0 aromatic heterocycles. The SMILES string of the molecule is CCN1CCC(N(C)CCBr)CC1. The fraction of sp³-hybridized carbons (Fsp3) is 1.00. The molecule has 13 heavy (non-hydrogen) atoms. The van der Waals surface area contributed by atoms with E-state index in [0.717, 1.165) is 11.4 Å². The Labute approximate surface area is 90.4 Å². The van der Waals surface area contributed by atoms with E-state index in [4.69, 9.17) is 0 Å². The summed E-state index contributed by atoms with van der Waals surface area (Å²) in [5, 5.41) is 1.09. The van der Waals surface area contributed by atoms with E-state index in [-0.39, 0.29) is 0 Å². The maximum Gasteiger partial charge on any atom is 0.0159 e. The first-order valence-electron chi connectivity index (χ1n) is 5.26. The summed E-state index contributed by atoms with van der Waals surface area (Å²) in [4.78, 5) is 5.03. The van der Waals surface area contributed by atoms with Gasteiger partial charge >= 0.3 is 0 Å². The summed E-state index contributed by atoms with van der Waals surface area (Å²) in [6, 6.07) is 0.820. The molecule has 0 aromatic carbocycles. The van der Waals surface area contributed by atoms with Crippen LogP contribution in [-0.4, -0.2) is 54.4 Å². The molecule has 0 radical (unpaired) electrons. The summed E-state index contributed by atoms with van der Waals surface area (Å²) >= 11 is 3.49. The molecule has 0 unspecified atom stereocenters. The lowest BCUT2D eigenvalue weighted by Gasteiger charge is -2.36. The molecule has 2 nitrogen and oxygen atoms in total. The Morgan fingerprint density at radius 2 is 2.00 bits per heavy atom. The van der Waals surface area contributed by atoms with Gasteiger partial charge in [0.25, 0.3) is 0 Å². The van der Waals surface area contributed by atoms with Crippen LogP contribution in [0.5, 0.6) is 0 Å². The summed E-state index contributed by atoms with van der Waals surface area (Å²) in [6.45, 7) is 7.22. The summed E-state index contributed by atoms with van der Waals surface area (Å²) in [6.07, 6.45) is 2.69. The van der Waals surface area contributed by atoms with E-state index in [2.05, 4.69) is 39.7 Å². The van der Waals surface area contributed by atoms with E-state index in [9.17, 15) is 0 Å². The van der Waals surface area contributed by atoms with Crippen molar-refractivity contribution in [2.24, 2.45) is 0 Å². The van der Waals surface area contributed by atoms with Crippen molar-refractivity contribution in [2.45, 2.75) is 25.8 Å². The molecule has 0 atom stereocenters. The van der Waals surface area contributed by atoms with Crippen LogP contribution in [0.15, 0.2) is 0 Å². The van der Waals surface area contributed by atoms with Crippen molar-refractivity contribution in [3.05, 3.63) is 0 Å². The van der Waals surface area contributed by atoms with Crippen LogP contribution in [0.2, 0.25) is 0 Å². The number of alkyl halides is 1. The second-order valence-electron chi connectivity index (χ2n) is 3.84. The molecule has 3 heteroatoms. The van der Waals surface area contributed by atoms with Crippen LogP contribution in [0.1, 0.15) is 19.8 Å². The molecule has 0 bridgehead atoms. The minimum Gasteiger partial charge on any atom is -0.303 e. The van der Waals surface area contributed by atoms with E-state index in [1.165, 1.54) is 39.0 Å². The highest BCUT2D eigenvalue weighted by Gasteiger charge is 2.20. The summed E-state index contributed by atoms with van der Waals surface area (Å²) in [5.41, 5.74) is 0. The van der Waals surface area contributed by atoms with Crippen molar-refractivity contribution in [2.75, 3.05) is 38.6 Å². The topological polar surface area (TPSA) is 6.48 Å². The Morgan fingerprint density at radius 3 is 2.46 bits per heavy atom. The largest absolute Gasteiger partial charge is 0.303 e. The predicted octanol–water partition coefficient (Wildman–Crippen LogP) is 1.80. The van der Waals surface area contributed by atoms with E-state index in [0.29, 0.717) is 0 Å². The Kier molecular flexibility index (Phi) is 5.29. The third-order valence-corrected chi connectivity index (χ3v) is 3.42. The molecule has 1 aliphatic rings. The molecule has 0 aromatic rings. The van der Waals surface area contributed by atoms with Gasteiger partial charge in [-0.2, -0.15) is 0 Å². The highest BCUT2D eigenvalue weighted by atomic mass is 79.9. The minimum absolute atomic E-state index is 0.820. The zero-order valence-electron chi connectivity index (χ0n) is 8.80. The minimum atomic E-state index is 0.820. The molecule has 0 aliphatic carbocycles. The van der Waals surface area contributed by atoms with Gasteiger partial charge in [0, 0.05) is 17.9 Å².